The van der Waals surface area contributed by atoms with Crippen LogP contribution in [0, 0.1) is 0 Å². The zero-order valence-corrected chi connectivity index (χ0v) is 14.4. The molecule has 0 fully saturated rings. The number of hydrogen-bond acceptors (Lipinski definition) is 1. The van der Waals surface area contributed by atoms with Crippen LogP contribution < -0.4 is 0 Å². The lowest BCUT2D eigenvalue weighted by molar-refractivity contribution is 0.410. The molecule has 0 bridgehead atoms. The standard InChI is InChI=1S/C18H30S/c1-7-17(5,8-2)14-12-11-13-15(16(14)19)18(6,9-3)10-4/h11-13,19H,7-10H2,1-6H3. The monoisotopic (exact) mass is 278 g/mol. The van der Waals surface area contributed by atoms with Crippen LogP contribution in [0.4, 0.5) is 0 Å². The SMILES string of the molecule is CCC(C)(CC)c1cccc(C(C)(CC)CC)c1S. The van der Waals surface area contributed by atoms with Gasteiger partial charge in [0.2, 0.25) is 0 Å². The van der Waals surface area contributed by atoms with Gasteiger partial charge in [-0.05, 0) is 47.6 Å². The Morgan fingerprint density at radius 1 is 0.789 bits per heavy atom. The van der Waals surface area contributed by atoms with Crippen LogP contribution in [0.1, 0.15) is 78.4 Å². The molecule has 1 aromatic rings. The van der Waals surface area contributed by atoms with Crippen molar-refractivity contribution in [2.75, 3.05) is 0 Å². The molecule has 1 rings (SSSR count). The molecule has 0 radical (unpaired) electrons. The topological polar surface area (TPSA) is 0 Å². The van der Waals surface area contributed by atoms with Crippen molar-refractivity contribution in [3.63, 3.8) is 0 Å². The molecule has 1 aromatic carbocycles. The summed E-state index contributed by atoms with van der Waals surface area (Å²) in [6.07, 6.45) is 4.65. The Kier molecular flexibility index (Phi) is 5.55. The Labute approximate surface area is 125 Å². The van der Waals surface area contributed by atoms with E-state index in [0.29, 0.717) is 0 Å². The van der Waals surface area contributed by atoms with E-state index in [0.717, 1.165) is 25.7 Å². The van der Waals surface area contributed by atoms with E-state index >= 15 is 0 Å². The first-order chi connectivity index (χ1) is 8.88. The van der Waals surface area contributed by atoms with Gasteiger partial charge in [0.15, 0.2) is 0 Å². The van der Waals surface area contributed by atoms with Crippen molar-refractivity contribution >= 4 is 12.6 Å². The van der Waals surface area contributed by atoms with Crippen molar-refractivity contribution in [1.29, 1.82) is 0 Å². The lowest BCUT2D eigenvalue weighted by Gasteiger charge is -2.34. The van der Waals surface area contributed by atoms with E-state index in [1.165, 1.54) is 16.0 Å². The molecule has 0 heterocycles. The average molecular weight is 279 g/mol. The second-order valence-corrected chi connectivity index (χ2v) is 6.68. The lowest BCUT2D eigenvalue weighted by atomic mass is 9.73. The van der Waals surface area contributed by atoms with Gasteiger partial charge in [0.05, 0.1) is 0 Å². The smallest absolute Gasteiger partial charge is 0.0115 e. The van der Waals surface area contributed by atoms with E-state index in [1.54, 1.807) is 0 Å². The molecule has 0 nitrogen and oxygen atoms in total. The highest BCUT2D eigenvalue weighted by molar-refractivity contribution is 7.80. The number of hydrogen-bond donors (Lipinski definition) is 1. The fraction of sp³-hybridized carbons (Fsp3) is 0.667. The van der Waals surface area contributed by atoms with Crippen LogP contribution in [0.15, 0.2) is 23.1 Å². The van der Waals surface area contributed by atoms with Crippen LogP contribution in [0.5, 0.6) is 0 Å². The highest BCUT2D eigenvalue weighted by Gasteiger charge is 2.30. The van der Waals surface area contributed by atoms with E-state index in [2.05, 4.69) is 59.7 Å². The Balaban J connectivity index is 3.42. The minimum atomic E-state index is 0.246. The van der Waals surface area contributed by atoms with Crippen LogP contribution in [0.2, 0.25) is 0 Å². The first-order valence-corrected chi connectivity index (χ1v) is 8.16. The first-order valence-electron chi connectivity index (χ1n) is 7.71. The van der Waals surface area contributed by atoms with Crippen LogP contribution in [-0.2, 0) is 10.8 Å². The van der Waals surface area contributed by atoms with Gasteiger partial charge in [0.1, 0.15) is 0 Å². The summed E-state index contributed by atoms with van der Waals surface area (Å²) in [7, 11) is 0. The van der Waals surface area contributed by atoms with Gasteiger partial charge in [0, 0.05) is 4.90 Å². The van der Waals surface area contributed by atoms with Crippen LogP contribution >= 0.6 is 12.6 Å². The summed E-state index contributed by atoms with van der Waals surface area (Å²) < 4.78 is 0. The van der Waals surface area contributed by atoms with E-state index in [9.17, 15) is 0 Å². The largest absolute Gasteiger partial charge is 0.143 e. The summed E-state index contributed by atoms with van der Waals surface area (Å²) >= 11 is 4.91. The first kappa shape index (κ1) is 16.6. The zero-order valence-electron chi connectivity index (χ0n) is 13.5. The third-order valence-corrected chi connectivity index (χ3v) is 5.94. The van der Waals surface area contributed by atoms with Gasteiger partial charge in [-0.15, -0.1) is 12.6 Å². The molecule has 1 heteroatoms. The average Bonchev–Trinajstić information content (AvgIpc) is 2.45. The molecular weight excluding hydrogens is 248 g/mol. The zero-order chi connectivity index (χ0) is 14.7. The van der Waals surface area contributed by atoms with Gasteiger partial charge in [-0.3, -0.25) is 0 Å². The minimum Gasteiger partial charge on any atom is -0.143 e. The van der Waals surface area contributed by atoms with Crippen LogP contribution in [0.3, 0.4) is 0 Å². The Morgan fingerprint density at radius 3 is 1.37 bits per heavy atom. The second-order valence-electron chi connectivity index (χ2n) is 6.24. The molecule has 0 aliphatic carbocycles. The summed E-state index contributed by atoms with van der Waals surface area (Å²) in [5.41, 5.74) is 3.34. The summed E-state index contributed by atoms with van der Waals surface area (Å²) in [6, 6.07) is 6.76. The molecule has 0 atom stereocenters. The van der Waals surface area contributed by atoms with Crippen molar-refractivity contribution in [3.05, 3.63) is 29.3 Å². The van der Waals surface area contributed by atoms with E-state index in [4.69, 9.17) is 12.6 Å². The predicted molar refractivity (Wildman–Crippen MR) is 89.6 cm³/mol. The number of thiol groups is 1. The van der Waals surface area contributed by atoms with Crippen LogP contribution in [-0.4, -0.2) is 0 Å². The number of rotatable bonds is 6. The minimum absolute atomic E-state index is 0.246. The third-order valence-electron chi connectivity index (χ3n) is 5.46. The third kappa shape index (κ3) is 3.02. The number of benzene rings is 1. The van der Waals surface area contributed by atoms with Crippen LogP contribution in [0.25, 0.3) is 0 Å². The maximum Gasteiger partial charge on any atom is 0.0115 e. The maximum absolute atomic E-state index is 4.91. The molecule has 0 amide bonds. The fourth-order valence-corrected chi connectivity index (χ4v) is 3.47. The van der Waals surface area contributed by atoms with Gasteiger partial charge in [0.25, 0.3) is 0 Å². The molecule has 0 saturated carbocycles. The quantitative estimate of drug-likeness (QED) is 0.594. The summed E-state index contributed by atoms with van der Waals surface area (Å²) in [6.45, 7) is 13.8. The molecule has 0 unspecified atom stereocenters. The summed E-state index contributed by atoms with van der Waals surface area (Å²) in [4.78, 5) is 1.22. The molecular formula is C18H30S. The highest BCUT2D eigenvalue weighted by Crippen LogP contribution is 2.41. The normalized spacial score (nSPS) is 12.8. The molecule has 108 valence electrons. The molecule has 0 aliphatic rings. The Hall–Kier alpha value is -0.430. The van der Waals surface area contributed by atoms with Crippen molar-refractivity contribution < 1.29 is 0 Å². The van der Waals surface area contributed by atoms with Crippen molar-refractivity contribution in [3.8, 4) is 0 Å². The second kappa shape index (κ2) is 6.35. The van der Waals surface area contributed by atoms with Crippen molar-refractivity contribution in [2.24, 2.45) is 0 Å². The van der Waals surface area contributed by atoms with Gasteiger partial charge in [-0.2, -0.15) is 0 Å². The van der Waals surface area contributed by atoms with Gasteiger partial charge in [-0.25, -0.2) is 0 Å². The molecule has 0 saturated heterocycles. The van der Waals surface area contributed by atoms with Crippen molar-refractivity contribution in [1.82, 2.24) is 0 Å². The maximum atomic E-state index is 4.91. The molecule has 0 aliphatic heterocycles. The van der Waals surface area contributed by atoms with Gasteiger partial charge >= 0.3 is 0 Å². The fourth-order valence-electron chi connectivity index (χ4n) is 2.78. The van der Waals surface area contributed by atoms with E-state index in [1.807, 2.05) is 0 Å². The highest BCUT2D eigenvalue weighted by atomic mass is 32.1. The summed E-state index contributed by atoms with van der Waals surface area (Å²) in [5.74, 6) is 0. The molecule has 0 N–H and O–H groups in total. The lowest BCUT2D eigenvalue weighted by Crippen LogP contribution is -2.25. The van der Waals surface area contributed by atoms with E-state index in [-0.39, 0.29) is 10.8 Å². The van der Waals surface area contributed by atoms with Gasteiger partial charge < -0.3 is 0 Å². The molecule has 0 aromatic heterocycles. The molecule has 19 heavy (non-hydrogen) atoms. The summed E-state index contributed by atoms with van der Waals surface area (Å²) in [5, 5.41) is 0. The van der Waals surface area contributed by atoms with Crippen molar-refractivity contribution in [2.45, 2.75) is 83.0 Å². The Morgan fingerprint density at radius 2 is 1.11 bits per heavy atom. The molecule has 0 spiro atoms. The van der Waals surface area contributed by atoms with Gasteiger partial charge in [-0.1, -0.05) is 59.7 Å². The Bertz CT molecular complexity index is 375. The predicted octanol–water partition coefficient (Wildman–Crippen LogP) is 6.13. The van der Waals surface area contributed by atoms with E-state index < -0.39 is 0 Å².